The van der Waals surface area contributed by atoms with Crippen molar-refractivity contribution in [1.29, 1.82) is 0 Å². The van der Waals surface area contributed by atoms with Gasteiger partial charge in [0, 0.05) is 36.5 Å². The first kappa shape index (κ1) is 14.8. The summed E-state index contributed by atoms with van der Waals surface area (Å²) in [6, 6.07) is 3.06. The summed E-state index contributed by atoms with van der Waals surface area (Å²) in [5.41, 5.74) is 0.364. The van der Waals surface area contributed by atoms with Crippen LogP contribution in [0.1, 0.15) is 21.5 Å². The molecule has 0 aliphatic rings. The molecule has 106 valence electrons. The molecule has 20 heavy (non-hydrogen) atoms. The molecule has 0 fully saturated rings. The molecule has 2 rings (SSSR count). The Morgan fingerprint density at radius 3 is 2.60 bits per heavy atom. The van der Waals surface area contributed by atoms with E-state index in [2.05, 4.69) is 5.10 Å². The maximum atomic E-state index is 12.4. The minimum Gasteiger partial charge on any atom is -0.380 e. The summed E-state index contributed by atoms with van der Waals surface area (Å²) in [6.45, 7) is 0.184. The number of aromatic nitrogens is 2. The first-order chi connectivity index (χ1) is 9.47. The molecule has 7 heteroatoms. The van der Waals surface area contributed by atoms with Crippen molar-refractivity contribution >= 4 is 29.0 Å². The van der Waals surface area contributed by atoms with Gasteiger partial charge in [0.05, 0.1) is 11.6 Å². The Labute approximate surface area is 125 Å². The van der Waals surface area contributed by atoms with E-state index >= 15 is 0 Å². The number of nitrogens with zero attached hydrogens (tertiary/aromatic N) is 1. The van der Waals surface area contributed by atoms with Crippen LogP contribution >= 0.6 is 23.2 Å². The van der Waals surface area contributed by atoms with E-state index in [1.54, 1.807) is 6.07 Å². The minimum atomic E-state index is -0.453. The lowest BCUT2D eigenvalue weighted by molar-refractivity contribution is 0.103. The summed E-state index contributed by atoms with van der Waals surface area (Å²) < 4.78 is 6.22. The van der Waals surface area contributed by atoms with E-state index in [1.165, 1.54) is 31.1 Å². The molecule has 0 aliphatic heterocycles. The number of aromatic amines is 1. The van der Waals surface area contributed by atoms with E-state index in [9.17, 15) is 9.59 Å². The minimum absolute atomic E-state index is 0.0279. The molecule has 1 aromatic carbocycles. The fourth-order valence-corrected chi connectivity index (χ4v) is 2.39. The molecule has 0 spiro atoms. The van der Waals surface area contributed by atoms with Crippen molar-refractivity contribution < 1.29 is 9.53 Å². The van der Waals surface area contributed by atoms with Crippen LogP contribution in [-0.4, -0.2) is 22.7 Å². The number of benzene rings is 1. The van der Waals surface area contributed by atoms with Gasteiger partial charge in [-0.15, -0.1) is 0 Å². The monoisotopic (exact) mass is 314 g/mol. The SMILES string of the molecule is COCc1c(Cl)ccc(C(=O)c2c[nH]n(C)c2=O)c1Cl. The standard InChI is InChI=1S/C13H12Cl2N2O3/c1-17-13(19)8(5-16-17)12(18)7-3-4-10(14)9(6-20-2)11(7)15/h3-5,16H,6H2,1-2H3. The van der Waals surface area contributed by atoms with Crippen molar-refractivity contribution in [1.82, 2.24) is 9.78 Å². The predicted molar refractivity (Wildman–Crippen MR) is 76.6 cm³/mol. The molecular formula is C13H12Cl2N2O3. The van der Waals surface area contributed by atoms with Crippen LogP contribution in [0.3, 0.4) is 0 Å². The Hall–Kier alpha value is -1.56. The number of hydrogen-bond donors (Lipinski definition) is 1. The molecule has 2 aromatic rings. The molecule has 0 bridgehead atoms. The van der Waals surface area contributed by atoms with Gasteiger partial charge in [-0.05, 0) is 12.1 Å². The number of rotatable bonds is 4. The van der Waals surface area contributed by atoms with Crippen molar-refractivity contribution in [3.63, 3.8) is 0 Å². The lowest BCUT2D eigenvalue weighted by Crippen LogP contribution is -2.19. The number of nitrogens with one attached hydrogen (secondary N) is 1. The van der Waals surface area contributed by atoms with Gasteiger partial charge in [0.2, 0.25) is 5.78 Å². The second-order valence-corrected chi connectivity index (χ2v) is 4.99. The summed E-state index contributed by atoms with van der Waals surface area (Å²) in [5, 5.41) is 3.26. The maximum Gasteiger partial charge on any atom is 0.277 e. The number of hydrogen-bond acceptors (Lipinski definition) is 3. The van der Waals surface area contributed by atoms with Gasteiger partial charge in [0.25, 0.3) is 5.56 Å². The van der Waals surface area contributed by atoms with Crippen LogP contribution in [-0.2, 0) is 18.4 Å². The topological polar surface area (TPSA) is 64.1 Å². The molecule has 0 aliphatic carbocycles. The van der Waals surface area contributed by atoms with E-state index in [0.717, 1.165) is 0 Å². The Morgan fingerprint density at radius 1 is 1.35 bits per heavy atom. The molecule has 1 aromatic heterocycles. The lowest BCUT2D eigenvalue weighted by atomic mass is 10.0. The number of ether oxygens (including phenoxy) is 1. The van der Waals surface area contributed by atoms with Crippen LogP contribution in [0.15, 0.2) is 23.1 Å². The normalized spacial score (nSPS) is 10.8. The molecule has 0 atom stereocenters. The number of carbonyl (C=O) groups is 1. The number of ketones is 1. The largest absolute Gasteiger partial charge is 0.380 e. The number of aryl methyl sites for hydroxylation is 1. The third kappa shape index (κ3) is 2.52. The van der Waals surface area contributed by atoms with Gasteiger partial charge in [-0.25, -0.2) is 0 Å². The quantitative estimate of drug-likeness (QED) is 0.881. The highest BCUT2D eigenvalue weighted by atomic mass is 35.5. The van der Waals surface area contributed by atoms with E-state index in [1.807, 2.05) is 0 Å². The summed E-state index contributed by atoms with van der Waals surface area (Å²) >= 11 is 12.2. The van der Waals surface area contributed by atoms with Crippen molar-refractivity contribution in [3.8, 4) is 0 Å². The van der Waals surface area contributed by atoms with Crippen molar-refractivity contribution in [3.05, 3.63) is 55.4 Å². The molecule has 0 radical (unpaired) electrons. The molecule has 0 saturated heterocycles. The van der Waals surface area contributed by atoms with E-state index < -0.39 is 11.3 Å². The highest BCUT2D eigenvalue weighted by Crippen LogP contribution is 2.29. The summed E-state index contributed by atoms with van der Waals surface area (Å²) in [5.74, 6) is -0.453. The smallest absolute Gasteiger partial charge is 0.277 e. The van der Waals surface area contributed by atoms with Crippen LogP contribution in [0, 0.1) is 0 Å². The zero-order valence-electron chi connectivity index (χ0n) is 10.9. The summed E-state index contributed by atoms with van der Waals surface area (Å²) in [4.78, 5) is 24.2. The maximum absolute atomic E-state index is 12.4. The molecule has 1 heterocycles. The lowest BCUT2D eigenvalue weighted by Gasteiger charge is -2.09. The van der Waals surface area contributed by atoms with Crippen LogP contribution in [0.5, 0.6) is 0 Å². The number of halogens is 2. The first-order valence-corrected chi connectivity index (χ1v) is 6.48. The third-order valence-corrected chi connectivity index (χ3v) is 3.69. The van der Waals surface area contributed by atoms with E-state index in [0.29, 0.717) is 10.6 Å². The van der Waals surface area contributed by atoms with Gasteiger partial charge in [-0.1, -0.05) is 23.2 Å². The number of methoxy groups -OCH3 is 1. The Bertz CT molecular complexity index is 719. The van der Waals surface area contributed by atoms with Gasteiger partial charge in [-0.2, -0.15) is 0 Å². The van der Waals surface area contributed by atoms with Gasteiger partial charge in [0.1, 0.15) is 5.56 Å². The van der Waals surface area contributed by atoms with Gasteiger partial charge in [-0.3, -0.25) is 14.3 Å². The average molecular weight is 315 g/mol. The van der Waals surface area contributed by atoms with Gasteiger partial charge in [0.15, 0.2) is 0 Å². The van der Waals surface area contributed by atoms with Gasteiger partial charge < -0.3 is 9.84 Å². The van der Waals surface area contributed by atoms with Crippen molar-refractivity contribution in [2.75, 3.05) is 7.11 Å². The van der Waals surface area contributed by atoms with Crippen molar-refractivity contribution in [2.24, 2.45) is 7.05 Å². The predicted octanol–water partition coefficient (Wildman–Crippen LogP) is 2.40. The van der Waals surface area contributed by atoms with E-state index in [-0.39, 0.29) is 22.8 Å². The highest BCUT2D eigenvalue weighted by molar-refractivity contribution is 6.38. The van der Waals surface area contributed by atoms with Crippen molar-refractivity contribution in [2.45, 2.75) is 6.61 Å². The number of carbonyl (C=O) groups excluding carboxylic acids is 1. The molecule has 0 unspecified atom stereocenters. The first-order valence-electron chi connectivity index (χ1n) is 5.72. The fourth-order valence-electron chi connectivity index (χ4n) is 1.82. The average Bonchev–Trinajstić information content (AvgIpc) is 2.74. The molecular weight excluding hydrogens is 303 g/mol. The molecule has 5 nitrogen and oxygen atoms in total. The molecule has 0 amide bonds. The second kappa shape index (κ2) is 5.83. The third-order valence-electron chi connectivity index (χ3n) is 2.90. The van der Waals surface area contributed by atoms with Crippen LogP contribution in [0.2, 0.25) is 10.0 Å². The zero-order chi connectivity index (χ0) is 14.9. The zero-order valence-corrected chi connectivity index (χ0v) is 12.4. The summed E-state index contributed by atoms with van der Waals surface area (Å²) in [6.07, 6.45) is 1.35. The summed E-state index contributed by atoms with van der Waals surface area (Å²) in [7, 11) is 3.03. The Balaban J connectivity index is 2.53. The second-order valence-electron chi connectivity index (χ2n) is 4.20. The molecule has 1 N–H and O–H groups in total. The Kier molecular flexibility index (Phi) is 4.32. The Morgan fingerprint density at radius 2 is 2.05 bits per heavy atom. The van der Waals surface area contributed by atoms with Crippen LogP contribution < -0.4 is 5.56 Å². The van der Waals surface area contributed by atoms with Crippen LogP contribution in [0.25, 0.3) is 0 Å². The fraction of sp³-hybridized carbons (Fsp3) is 0.231. The highest BCUT2D eigenvalue weighted by Gasteiger charge is 2.21. The van der Waals surface area contributed by atoms with Crippen LogP contribution in [0.4, 0.5) is 0 Å². The van der Waals surface area contributed by atoms with Gasteiger partial charge >= 0.3 is 0 Å². The number of H-pyrrole nitrogens is 1. The van der Waals surface area contributed by atoms with E-state index in [4.69, 9.17) is 27.9 Å². The molecule has 0 saturated carbocycles.